The summed E-state index contributed by atoms with van der Waals surface area (Å²) < 4.78 is 24.6. The van der Waals surface area contributed by atoms with Crippen LogP contribution >= 0.6 is 34.5 Å². The molecule has 2 heterocycles. The van der Waals surface area contributed by atoms with Crippen LogP contribution in [0.25, 0.3) is 6.08 Å². The molecule has 43 heavy (non-hydrogen) atoms. The van der Waals surface area contributed by atoms with Gasteiger partial charge in [-0.2, -0.15) is 0 Å². The number of carbonyl (C=O) groups excluding carboxylic acids is 1. The number of hydrogen-bond acceptors (Lipinski definition) is 8. The highest BCUT2D eigenvalue weighted by molar-refractivity contribution is 7.07. The number of carbonyl (C=O) groups is 1. The number of allylic oxidation sites excluding steroid dienone is 1. The first kappa shape index (κ1) is 30.4. The average Bonchev–Trinajstić information content (AvgIpc) is 3.30. The second kappa shape index (κ2) is 13.1. The molecular weight excluding hydrogens is 611 g/mol. The van der Waals surface area contributed by atoms with Gasteiger partial charge in [0.15, 0.2) is 16.3 Å². The Morgan fingerprint density at radius 3 is 2.51 bits per heavy atom. The van der Waals surface area contributed by atoms with Gasteiger partial charge in [-0.05, 0) is 55.8 Å². The van der Waals surface area contributed by atoms with Gasteiger partial charge < -0.3 is 18.9 Å². The zero-order valence-corrected chi connectivity index (χ0v) is 26.2. The third-order valence-corrected chi connectivity index (χ3v) is 8.41. The van der Waals surface area contributed by atoms with Gasteiger partial charge in [-0.1, -0.05) is 64.9 Å². The predicted molar refractivity (Wildman–Crippen MR) is 167 cm³/mol. The number of fused-ring (bicyclic) bond motifs is 1. The fraction of sp³-hybridized carbons (Fsp3) is 0.219. The molecule has 0 bridgehead atoms. The Balaban J connectivity index is 1.61. The number of methoxy groups -OCH3 is 2. The first-order chi connectivity index (χ1) is 20.7. The largest absolute Gasteiger partial charge is 0.496 e. The van der Waals surface area contributed by atoms with Gasteiger partial charge >= 0.3 is 5.97 Å². The monoisotopic (exact) mass is 638 g/mol. The van der Waals surface area contributed by atoms with Crippen molar-refractivity contribution >= 4 is 46.6 Å². The number of halogens is 2. The lowest BCUT2D eigenvalue weighted by Gasteiger charge is -2.25. The lowest BCUT2D eigenvalue weighted by molar-refractivity contribution is -0.139. The van der Waals surface area contributed by atoms with Crippen molar-refractivity contribution in [2.24, 2.45) is 4.99 Å². The van der Waals surface area contributed by atoms with E-state index < -0.39 is 12.0 Å². The Morgan fingerprint density at radius 2 is 1.79 bits per heavy atom. The number of para-hydroxylation sites is 1. The summed E-state index contributed by atoms with van der Waals surface area (Å²) in [5, 5.41) is 1.01. The molecule has 1 aliphatic rings. The minimum Gasteiger partial charge on any atom is -0.496 e. The van der Waals surface area contributed by atoms with Gasteiger partial charge in [-0.3, -0.25) is 9.36 Å². The molecule has 222 valence electrons. The van der Waals surface area contributed by atoms with E-state index in [9.17, 15) is 9.59 Å². The van der Waals surface area contributed by atoms with Crippen LogP contribution in [0.5, 0.6) is 17.2 Å². The Hall–Kier alpha value is -4.05. The lowest BCUT2D eigenvalue weighted by Crippen LogP contribution is -2.40. The molecule has 0 aliphatic carbocycles. The summed E-state index contributed by atoms with van der Waals surface area (Å²) in [5.74, 6) is 0.953. The minimum absolute atomic E-state index is 0.171. The standard InChI is InChI=1S/C32H28Cl2N2O6S/c1-5-41-31(38)28-18(2)35-32-36(30(37)27(43-32)15-19-8-6-7-9-24(19)39-3)29(28)20-11-13-25(26(14-20)40-4)42-17-21-10-12-22(33)16-23(21)34/h6-16,29H,5,17H2,1-4H3/b27-15-/t29-/m0/s1. The average molecular weight is 640 g/mol. The van der Waals surface area contributed by atoms with Crippen molar-refractivity contribution < 1.29 is 23.7 Å². The van der Waals surface area contributed by atoms with E-state index in [4.69, 9.17) is 42.1 Å². The van der Waals surface area contributed by atoms with Gasteiger partial charge in [-0.25, -0.2) is 9.79 Å². The van der Waals surface area contributed by atoms with E-state index in [1.807, 2.05) is 24.3 Å². The van der Waals surface area contributed by atoms with Crippen LogP contribution < -0.4 is 29.1 Å². The van der Waals surface area contributed by atoms with Crippen LogP contribution in [0.4, 0.5) is 0 Å². The predicted octanol–water partition coefficient (Wildman–Crippen LogP) is 5.70. The molecule has 4 aromatic rings. The highest BCUT2D eigenvalue weighted by Gasteiger charge is 2.34. The maximum atomic E-state index is 14.0. The van der Waals surface area contributed by atoms with Crippen LogP contribution in [0, 0.1) is 0 Å². The van der Waals surface area contributed by atoms with Crippen molar-refractivity contribution in [1.82, 2.24) is 4.57 Å². The topological polar surface area (TPSA) is 88.4 Å². The molecule has 1 atom stereocenters. The molecule has 0 saturated heterocycles. The van der Waals surface area contributed by atoms with E-state index in [1.54, 1.807) is 63.4 Å². The minimum atomic E-state index is -0.816. The van der Waals surface area contributed by atoms with Gasteiger partial charge in [0.1, 0.15) is 12.4 Å². The number of esters is 1. The Bertz CT molecular complexity index is 1910. The molecule has 0 N–H and O–H groups in total. The van der Waals surface area contributed by atoms with E-state index in [2.05, 4.69) is 4.99 Å². The summed E-state index contributed by atoms with van der Waals surface area (Å²) in [6.07, 6.45) is 1.77. The Morgan fingerprint density at radius 1 is 1.02 bits per heavy atom. The van der Waals surface area contributed by atoms with Gasteiger partial charge in [0, 0.05) is 21.2 Å². The molecule has 1 aromatic heterocycles. The van der Waals surface area contributed by atoms with Gasteiger partial charge in [0.25, 0.3) is 5.56 Å². The smallest absolute Gasteiger partial charge is 0.338 e. The van der Waals surface area contributed by atoms with Gasteiger partial charge in [-0.15, -0.1) is 0 Å². The number of rotatable bonds is 9. The number of thiazole rings is 1. The maximum Gasteiger partial charge on any atom is 0.338 e. The number of ether oxygens (including phenoxy) is 4. The highest BCUT2D eigenvalue weighted by Crippen LogP contribution is 2.37. The molecular formula is C32H28Cl2N2O6S. The van der Waals surface area contributed by atoms with Crippen LogP contribution in [0.15, 0.2) is 81.7 Å². The Kier molecular flexibility index (Phi) is 9.25. The van der Waals surface area contributed by atoms with E-state index >= 15 is 0 Å². The van der Waals surface area contributed by atoms with Crippen molar-refractivity contribution in [3.63, 3.8) is 0 Å². The van der Waals surface area contributed by atoms with Gasteiger partial charge in [0.2, 0.25) is 0 Å². The van der Waals surface area contributed by atoms with Crippen LogP contribution in [0.1, 0.15) is 36.6 Å². The van der Waals surface area contributed by atoms with Crippen LogP contribution in [0.2, 0.25) is 10.0 Å². The molecule has 0 saturated carbocycles. The van der Waals surface area contributed by atoms with Crippen LogP contribution in [-0.4, -0.2) is 31.4 Å². The molecule has 5 rings (SSSR count). The SMILES string of the molecule is CCOC(=O)C1=C(C)N=c2s/c(=C\c3ccccc3OC)c(=O)n2[C@H]1c1ccc(OCc2ccc(Cl)cc2Cl)c(OC)c1. The van der Waals surface area contributed by atoms with Crippen LogP contribution in [0.3, 0.4) is 0 Å². The van der Waals surface area contributed by atoms with Gasteiger partial charge in [0.05, 0.1) is 42.7 Å². The zero-order valence-electron chi connectivity index (χ0n) is 23.9. The molecule has 0 radical (unpaired) electrons. The summed E-state index contributed by atoms with van der Waals surface area (Å²) in [4.78, 5) is 32.3. The normalized spacial score (nSPS) is 14.7. The number of aromatic nitrogens is 1. The fourth-order valence-electron chi connectivity index (χ4n) is 4.80. The first-order valence-electron chi connectivity index (χ1n) is 13.3. The fourth-order valence-corrected chi connectivity index (χ4v) is 6.30. The quantitative estimate of drug-likeness (QED) is 0.219. The van der Waals surface area contributed by atoms with E-state index in [0.29, 0.717) is 47.9 Å². The Labute approximate surface area is 262 Å². The second-order valence-electron chi connectivity index (χ2n) is 9.48. The van der Waals surface area contributed by atoms with E-state index in [-0.39, 0.29) is 24.3 Å². The molecule has 0 spiro atoms. The third-order valence-electron chi connectivity index (χ3n) is 6.84. The molecule has 0 unspecified atom stereocenters. The summed E-state index contributed by atoms with van der Waals surface area (Å²) in [5.41, 5.74) is 2.55. The summed E-state index contributed by atoms with van der Waals surface area (Å²) in [6.45, 7) is 3.82. The number of benzene rings is 3. The molecule has 1 aliphatic heterocycles. The molecule has 0 amide bonds. The van der Waals surface area contributed by atoms with Crippen molar-refractivity contribution in [2.75, 3.05) is 20.8 Å². The molecule has 8 nitrogen and oxygen atoms in total. The van der Waals surface area contributed by atoms with E-state index in [0.717, 1.165) is 11.1 Å². The number of nitrogens with zero attached hydrogens (tertiary/aromatic N) is 2. The molecule has 11 heteroatoms. The van der Waals surface area contributed by atoms with Crippen molar-refractivity contribution in [1.29, 1.82) is 0 Å². The van der Waals surface area contributed by atoms with Crippen molar-refractivity contribution in [3.8, 4) is 17.2 Å². The maximum absolute atomic E-state index is 14.0. The highest BCUT2D eigenvalue weighted by atomic mass is 35.5. The summed E-state index contributed by atoms with van der Waals surface area (Å²) in [7, 11) is 3.10. The number of hydrogen-bond donors (Lipinski definition) is 0. The zero-order chi connectivity index (χ0) is 30.7. The van der Waals surface area contributed by atoms with Crippen LogP contribution in [-0.2, 0) is 16.1 Å². The molecule has 3 aromatic carbocycles. The third kappa shape index (κ3) is 6.20. The van der Waals surface area contributed by atoms with E-state index in [1.165, 1.54) is 23.0 Å². The lowest BCUT2D eigenvalue weighted by atomic mass is 9.95. The first-order valence-corrected chi connectivity index (χ1v) is 14.9. The van der Waals surface area contributed by atoms with Crippen molar-refractivity contribution in [2.45, 2.75) is 26.5 Å². The second-order valence-corrected chi connectivity index (χ2v) is 11.3. The summed E-state index contributed by atoms with van der Waals surface area (Å²) >= 11 is 13.6. The molecule has 0 fully saturated rings. The van der Waals surface area contributed by atoms with Crippen molar-refractivity contribution in [3.05, 3.63) is 118 Å². The summed E-state index contributed by atoms with van der Waals surface area (Å²) in [6, 6.07) is 17.1.